The molecule has 0 atom stereocenters. The van der Waals surface area contributed by atoms with Gasteiger partial charge >= 0.3 is 0 Å². The number of hydrogen-bond donors (Lipinski definition) is 0. The second-order valence-electron chi connectivity index (χ2n) is 20.0. The molecule has 0 amide bonds. The van der Waals surface area contributed by atoms with Gasteiger partial charge in [0.2, 0.25) is 0 Å². The van der Waals surface area contributed by atoms with Gasteiger partial charge in [0, 0.05) is 42.8 Å². The van der Waals surface area contributed by atoms with Crippen LogP contribution in [0.3, 0.4) is 0 Å². The van der Waals surface area contributed by atoms with Crippen LogP contribution >= 0.6 is 0 Å². The molecule has 7 aromatic carbocycles. The summed E-state index contributed by atoms with van der Waals surface area (Å²) in [6, 6.07) is 57.4. The van der Waals surface area contributed by atoms with Crippen molar-refractivity contribution in [3.63, 3.8) is 0 Å². The summed E-state index contributed by atoms with van der Waals surface area (Å²) in [6.07, 6.45) is 1.87. The van der Waals surface area contributed by atoms with E-state index in [9.17, 15) is 5.26 Å². The molecule has 6 heteroatoms. The van der Waals surface area contributed by atoms with Crippen molar-refractivity contribution >= 4 is 43.7 Å². The van der Waals surface area contributed by atoms with Crippen LogP contribution in [0.15, 0.2) is 150 Å². The monoisotopic (exact) mass is 1050 g/mol. The molecular weight excluding hydrogens is 997 g/mol. The maximum absolute atomic E-state index is 9.59. The van der Waals surface area contributed by atoms with Crippen molar-refractivity contribution in [3.8, 4) is 45.5 Å². The van der Waals surface area contributed by atoms with Crippen LogP contribution < -0.4 is 0 Å². The first-order chi connectivity index (χ1) is 31.6. The van der Waals surface area contributed by atoms with Gasteiger partial charge in [-0.15, -0.1) is 53.6 Å². The summed E-state index contributed by atoms with van der Waals surface area (Å²) in [6.45, 7) is 22.5. The fraction of sp³-hybridized carbons (Fsp3) is 0.230. The zero-order chi connectivity index (χ0) is 46.5. The molecule has 0 unspecified atom stereocenters. The van der Waals surface area contributed by atoms with Gasteiger partial charge in [-0.3, -0.25) is 4.98 Å². The molecule has 0 N–H and O–H groups in total. The van der Waals surface area contributed by atoms with Crippen LogP contribution in [-0.2, 0) is 30.9 Å². The molecule has 3 aromatic heterocycles. The number of hydrogen-bond acceptors (Lipinski definition) is 4. The number of fused-ring (bicyclic) bond motifs is 6. The molecular formula is C61H56IrN4O-2. The maximum Gasteiger partial charge on any atom is 0.128 e. The first-order valence-corrected chi connectivity index (χ1v) is 23.0. The number of rotatable bonds is 6. The van der Waals surface area contributed by atoms with Gasteiger partial charge in [0.05, 0.1) is 34.1 Å². The SMILES string of the molecule is CC(C)(C)c1ccnc(-c2[c-]cccc2)c1.CC(C)c1cc(-c2ccccc2)cc(C(C)C)c1-n1c(-c2[c-]cc(C(C)(C)C)c3c2oc2c4ccc(C#N)cc4ccc23)nc2ccccc21.[Ir]. The average Bonchev–Trinajstić information content (AvgIpc) is 3.90. The molecule has 5 nitrogen and oxygen atoms in total. The molecule has 0 aliphatic rings. The van der Waals surface area contributed by atoms with Crippen molar-refractivity contribution in [2.45, 2.75) is 91.9 Å². The van der Waals surface area contributed by atoms with Crippen LogP contribution in [0.2, 0.25) is 0 Å². The van der Waals surface area contributed by atoms with Gasteiger partial charge in [-0.05, 0) is 110 Å². The Balaban J connectivity index is 0.000000303. The van der Waals surface area contributed by atoms with Crippen molar-refractivity contribution in [1.29, 1.82) is 5.26 Å². The fourth-order valence-corrected chi connectivity index (χ4v) is 9.07. The summed E-state index contributed by atoms with van der Waals surface area (Å²) in [5.74, 6) is 1.31. The minimum Gasteiger partial charge on any atom is -0.500 e. The number of furan rings is 1. The molecule has 337 valence electrons. The Hall–Kier alpha value is -6.64. The molecule has 10 rings (SSSR count). The van der Waals surface area contributed by atoms with E-state index >= 15 is 0 Å². The van der Waals surface area contributed by atoms with E-state index in [1.54, 1.807) is 0 Å². The standard InChI is InChI=1S/C46H40N3O.C15H16N.Ir/c1-27(2)36-24-32(30-13-9-8-10-14-30)25-37(28(3)4)42(36)49-40-16-12-11-15-39(40)48-45(49)35-21-22-38(46(5,6)7)41-34-20-18-31-23-29(26-47)17-19-33(31)43(34)50-44(35)41;1-15(2,3)13-9-10-16-14(11-13)12-7-5-4-6-8-12;/h8-20,22-25,27-28H,1-7H3;4-7,9-11H,1-3H3;/q2*-1;. The summed E-state index contributed by atoms with van der Waals surface area (Å²) in [5, 5.41) is 13.7. The van der Waals surface area contributed by atoms with Crippen molar-refractivity contribution in [2.75, 3.05) is 0 Å². The van der Waals surface area contributed by atoms with Gasteiger partial charge < -0.3 is 14.0 Å². The zero-order valence-corrected chi connectivity index (χ0v) is 42.4. The minimum atomic E-state index is -0.160. The Morgan fingerprint density at radius 1 is 0.672 bits per heavy atom. The van der Waals surface area contributed by atoms with Crippen LogP contribution in [0, 0.1) is 23.5 Å². The van der Waals surface area contributed by atoms with Gasteiger partial charge in [0.25, 0.3) is 0 Å². The summed E-state index contributed by atoms with van der Waals surface area (Å²) < 4.78 is 9.37. The van der Waals surface area contributed by atoms with Crippen LogP contribution in [-0.4, -0.2) is 14.5 Å². The minimum absolute atomic E-state index is 0. The van der Waals surface area contributed by atoms with Gasteiger partial charge in [-0.1, -0.05) is 141 Å². The number of imidazole rings is 1. The van der Waals surface area contributed by atoms with Gasteiger partial charge in [-0.2, -0.15) is 5.26 Å². The average molecular weight is 1050 g/mol. The zero-order valence-electron chi connectivity index (χ0n) is 40.0. The van der Waals surface area contributed by atoms with E-state index in [4.69, 9.17) is 9.40 Å². The molecule has 10 aromatic rings. The molecule has 0 saturated heterocycles. The second kappa shape index (κ2) is 18.6. The molecule has 0 aliphatic heterocycles. The number of nitriles is 1. The molecule has 0 aliphatic carbocycles. The second-order valence-corrected chi connectivity index (χ2v) is 20.0. The largest absolute Gasteiger partial charge is 0.500 e. The van der Waals surface area contributed by atoms with E-state index in [0.29, 0.717) is 5.56 Å². The third-order valence-corrected chi connectivity index (χ3v) is 12.6. The maximum atomic E-state index is 9.59. The van der Waals surface area contributed by atoms with E-state index in [-0.39, 0.29) is 42.8 Å². The van der Waals surface area contributed by atoms with Crippen molar-refractivity contribution in [2.24, 2.45) is 0 Å². The predicted molar refractivity (Wildman–Crippen MR) is 274 cm³/mol. The normalized spacial score (nSPS) is 11.9. The van der Waals surface area contributed by atoms with Crippen LogP contribution in [0.25, 0.3) is 83.2 Å². The van der Waals surface area contributed by atoms with Crippen molar-refractivity contribution in [3.05, 3.63) is 186 Å². The predicted octanol–water partition coefficient (Wildman–Crippen LogP) is 16.5. The summed E-state index contributed by atoms with van der Waals surface area (Å²) in [4.78, 5) is 9.77. The quantitative estimate of drug-likeness (QED) is 0.156. The first-order valence-electron chi connectivity index (χ1n) is 23.0. The summed E-state index contributed by atoms with van der Waals surface area (Å²) in [7, 11) is 0. The molecule has 0 spiro atoms. The number of aromatic nitrogens is 3. The molecule has 0 saturated carbocycles. The first kappa shape index (κ1) is 46.9. The van der Waals surface area contributed by atoms with E-state index in [1.165, 1.54) is 39.1 Å². The van der Waals surface area contributed by atoms with Gasteiger partial charge in [0.1, 0.15) is 5.58 Å². The topological polar surface area (TPSA) is 67.6 Å². The van der Waals surface area contributed by atoms with Crippen LogP contribution in [0.5, 0.6) is 0 Å². The molecule has 0 bridgehead atoms. The van der Waals surface area contributed by atoms with Gasteiger partial charge in [-0.25, -0.2) is 0 Å². The Morgan fingerprint density at radius 2 is 1.36 bits per heavy atom. The Labute approximate surface area is 408 Å². The fourth-order valence-electron chi connectivity index (χ4n) is 9.07. The molecule has 67 heavy (non-hydrogen) atoms. The summed E-state index contributed by atoms with van der Waals surface area (Å²) in [5.41, 5.74) is 15.7. The van der Waals surface area contributed by atoms with Crippen molar-refractivity contribution < 1.29 is 24.5 Å². The van der Waals surface area contributed by atoms with E-state index in [2.05, 4.69) is 194 Å². The number of para-hydroxylation sites is 2. The molecule has 0 fully saturated rings. The molecule has 3 heterocycles. The third-order valence-electron chi connectivity index (χ3n) is 12.6. The summed E-state index contributed by atoms with van der Waals surface area (Å²) >= 11 is 0. The molecule has 1 radical (unpaired) electrons. The number of benzene rings is 7. The Bertz CT molecular complexity index is 3420. The number of pyridine rings is 1. The van der Waals surface area contributed by atoms with E-state index < -0.39 is 0 Å². The Morgan fingerprint density at radius 3 is 2.01 bits per heavy atom. The van der Waals surface area contributed by atoms with Crippen LogP contribution in [0.1, 0.15) is 109 Å². The van der Waals surface area contributed by atoms with E-state index in [1.807, 2.05) is 48.7 Å². The number of nitrogens with zero attached hydrogens (tertiary/aromatic N) is 4. The van der Waals surface area contributed by atoms with E-state index in [0.717, 1.165) is 66.4 Å². The third kappa shape index (κ3) is 8.99. The van der Waals surface area contributed by atoms with Gasteiger partial charge in [0.15, 0.2) is 0 Å². The van der Waals surface area contributed by atoms with Crippen LogP contribution in [0.4, 0.5) is 0 Å². The van der Waals surface area contributed by atoms with Crippen molar-refractivity contribution in [1.82, 2.24) is 14.5 Å². The Kier molecular flexibility index (Phi) is 13.0. The smallest absolute Gasteiger partial charge is 0.128 e.